The van der Waals surface area contributed by atoms with Crippen molar-refractivity contribution in [2.45, 2.75) is 49.6 Å². The van der Waals surface area contributed by atoms with Gasteiger partial charge in [0.05, 0.1) is 16.4 Å². The Morgan fingerprint density at radius 1 is 1.09 bits per heavy atom. The van der Waals surface area contributed by atoms with Crippen LogP contribution in [0.3, 0.4) is 0 Å². The quantitative estimate of drug-likeness (QED) is 0.487. The van der Waals surface area contributed by atoms with Gasteiger partial charge in [-0.3, -0.25) is 0 Å². The Hall–Kier alpha value is -2.72. The molecule has 1 aromatic heterocycles. The first-order valence-corrected chi connectivity index (χ1v) is 12.1. The van der Waals surface area contributed by atoms with Crippen molar-refractivity contribution in [3.63, 3.8) is 0 Å². The summed E-state index contributed by atoms with van der Waals surface area (Å²) < 4.78 is 72.9. The van der Waals surface area contributed by atoms with Crippen LogP contribution in [0.2, 0.25) is 0 Å². The predicted octanol–water partition coefficient (Wildman–Crippen LogP) is 5.45. The first-order valence-electron chi connectivity index (χ1n) is 10.7. The maximum absolute atomic E-state index is 13.4. The Labute approximate surface area is 190 Å². The van der Waals surface area contributed by atoms with Gasteiger partial charge in [0.2, 0.25) is 21.7 Å². The van der Waals surface area contributed by atoms with E-state index in [1.54, 1.807) is 0 Å². The minimum atomic E-state index is -4.77. The van der Waals surface area contributed by atoms with E-state index in [1.807, 2.05) is 24.3 Å². The lowest BCUT2D eigenvalue weighted by atomic mass is 9.99. The van der Waals surface area contributed by atoms with Gasteiger partial charge in [0, 0.05) is 18.7 Å². The van der Waals surface area contributed by atoms with E-state index in [1.165, 1.54) is 17.7 Å². The Morgan fingerprint density at radius 3 is 2.45 bits per heavy atom. The molecular formula is C23H24F3N3O3S. The predicted molar refractivity (Wildman–Crippen MR) is 116 cm³/mol. The SMILES string of the molecule is CC(C)c1ccc(-c2noc([C@@H]3CCCN(S(=O)(=O)c4ccccc4C(F)(F)F)C3)n2)cc1. The van der Waals surface area contributed by atoms with E-state index in [2.05, 4.69) is 24.0 Å². The lowest BCUT2D eigenvalue weighted by Gasteiger charge is -2.30. The average Bonchev–Trinajstić information content (AvgIpc) is 3.29. The molecule has 0 radical (unpaired) electrons. The summed E-state index contributed by atoms with van der Waals surface area (Å²) in [7, 11) is -4.35. The highest BCUT2D eigenvalue weighted by atomic mass is 32.2. The van der Waals surface area contributed by atoms with Gasteiger partial charge in [0.25, 0.3) is 0 Å². The van der Waals surface area contributed by atoms with E-state index >= 15 is 0 Å². The van der Waals surface area contributed by atoms with Gasteiger partial charge >= 0.3 is 6.18 Å². The molecule has 0 amide bonds. The van der Waals surface area contributed by atoms with Crippen LogP contribution >= 0.6 is 0 Å². The number of aromatic nitrogens is 2. The Bertz CT molecular complexity index is 1220. The van der Waals surface area contributed by atoms with E-state index in [0.29, 0.717) is 24.6 Å². The molecule has 4 rings (SSSR count). The Morgan fingerprint density at radius 2 is 1.79 bits per heavy atom. The topological polar surface area (TPSA) is 76.3 Å². The van der Waals surface area contributed by atoms with Gasteiger partial charge in [-0.15, -0.1) is 0 Å². The molecule has 1 aliphatic heterocycles. The number of hydrogen-bond acceptors (Lipinski definition) is 5. The molecule has 0 saturated carbocycles. The van der Waals surface area contributed by atoms with Crippen LogP contribution in [0.15, 0.2) is 57.9 Å². The summed E-state index contributed by atoms with van der Waals surface area (Å²) in [6, 6.07) is 12.0. The molecule has 0 aliphatic carbocycles. The lowest BCUT2D eigenvalue weighted by Crippen LogP contribution is -2.39. The van der Waals surface area contributed by atoms with E-state index in [-0.39, 0.29) is 19.0 Å². The number of rotatable bonds is 5. The molecule has 0 spiro atoms. The zero-order valence-electron chi connectivity index (χ0n) is 18.2. The van der Waals surface area contributed by atoms with Crippen LogP contribution in [-0.4, -0.2) is 36.0 Å². The maximum Gasteiger partial charge on any atom is 0.417 e. The summed E-state index contributed by atoms with van der Waals surface area (Å²) in [6.45, 7) is 4.29. The molecule has 1 aliphatic rings. The third-order valence-corrected chi connectivity index (χ3v) is 7.74. The van der Waals surface area contributed by atoms with Crippen molar-refractivity contribution in [2.24, 2.45) is 0 Å². The third-order valence-electron chi connectivity index (χ3n) is 5.82. The van der Waals surface area contributed by atoms with Crippen molar-refractivity contribution >= 4 is 10.0 Å². The largest absolute Gasteiger partial charge is 0.417 e. The van der Waals surface area contributed by atoms with Crippen LogP contribution in [0.25, 0.3) is 11.4 Å². The highest BCUT2D eigenvalue weighted by Crippen LogP contribution is 2.37. The van der Waals surface area contributed by atoms with Gasteiger partial charge in [-0.25, -0.2) is 8.42 Å². The lowest BCUT2D eigenvalue weighted by molar-refractivity contribution is -0.139. The van der Waals surface area contributed by atoms with E-state index < -0.39 is 32.6 Å². The second-order valence-corrected chi connectivity index (χ2v) is 10.3. The molecule has 33 heavy (non-hydrogen) atoms. The minimum Gasteiger partial charge on any atom is -0.339 e. The fraction of sp³-hybridized carbons (Fsp3) is 0.391. The third kappa shape index (κ3) is 4.81. The number of benzene rings is 2. The second-order valence-electron chi connectivity index (χ2n) is 8.43. The summed E-state index contributed by atoms with van der Waals surface area (Å²) in [4.78, 5) is 3.70. The van der Waals surface area contributed by atoms with Gasteiger partial charge in [0.1, 0.15) is 0 Å². The normalized spacial score (nSPS) is 18.1. The van der Waals surface area contributed by atoms with Gasteiger partial charge < -0.3 is 4.52 Å². The molecule has 2 aromatic carbocycles. The zero-order valence-corrected chi connectivity index (χ0v) is 19.0. The second kappa shape index (κ2) is 8.90. The van der Waals surface area contributed by atoms with Crippen molar-refractivity contribution in [1.29, 1.82) is 0 Å². The first-order chi connectivity index (χ1) is 15.6. The van der Waals surface area contributed by atoms with Crippen LogP contribution in [0.1, 0.15) is 55.5 Å². The van der Waals surface area contributed by atoms with Crippen molar-refractivity contribution in [2.75, 3.05) is 13.1 Å². The van der Waals surface area contributed by atoms with E-state index in [4.69, 9.17) is 4.52 Å². The van der Waals surface area contributed by atoms with E-state index in [9.17, 15) is 21.6 Å². The molecule has 1 atom stereocenters. The number of piperidine rings is 1. The smallest absolute Gasteiger partial charge is 0.339 e. The van der Waals surface area contributed by atoms with Crippen molar-refractivity contribution < 1.29 is 26.1 Å². The summed E-state index contributed by atoms with van der Waals surface area (Å²) in [5.74, 6) is 0.657. The number of sulfonamides is 1. The van der Waals surface area contributed by atoms with Crippen LogP contribution < -0.4 is 0 Å². The van der Waals surface area contributed by atoms with Crippen LogP contribution in [0.5, 0.6) is 0 Å². The van der Waals surface area contributed by atoms with Crippen LogP contribution in [-0.2, 0) is 16.2 Å². The molecular weight excluding hydrogens is 455 g/mol. The maximum atomic E-state index is 13.4. The number of hydrogen-bond donors (Lipinski definition) is 0. The monoisotopic (exact) mass is 479 g/mol. The van der Waals surface area contributed by atoms with Gasteiger partial charge in [-0.1, -0.05) is 55.4 Å². The summed E-state index contributed by atoms with van der Waals surface area (Å²) in [6.07, 6.45) is -3.70. The number of alkyl halides is 3. The van der Waals surface area contributed by atoms with Gasteiger partial charge in [-0.05, 0) is 36.5 Å². The van der Waals surface area contributed by atoms with E-state index in [0.717, 1.165) is 22.0 Å². The molecule has 0 N–H and O–H groups in total. The molecule has 6 nitrogen and oxygen atoms in total. The van der Waals surface area contributed by atoms with Crippen LogP contribution in [0.4, 0.5) is 13.2 Å². The minimum absolute atomic E-state index is 0.0254. The van der Waals surface area contributed by atoms with Crippen molar-refractivity contribution in [1.82, 2.24) is 14.4 Å². The molecule has 176 valence electrons. The Balaban J connectivity index is 1.56. The molecule has 0 bridgehead atoms. The summed E-state index contributed by atoms with van der Waals surface area (Å²) in [5.41, 5.74) is 0.778. The summed E-state index contributed by atoms with van der Waals surface area (Å²) >= 11 is 0. The number of nitrogens with zero attached hydrogens (tertiary/aromatic N) is 3. The van der Waals surface area contributed by atoms with Gasteiger partial charge in [0.15, 0.2) is 0 Å². The molecule has 0 unspecified atom stereocenters. The highest BCUT2D eigenvalue weighted by Gasteiger charge is 2.40. The Kier molecular flexibility index (Phi) is 6.32. The molecule has 2 heterocycles. The fourth-order valence-electron chi connectivity index (χ4n) is 3.96. The highest BCUT2D eigenvalue weighted by molar-refractivity contribution is 7.89. The molecule has 1 saturated heterocycles. The summed E-state index contributed by atoms with van der Waals surface area (Å²) in [5, 5.41) is 4.03. The molecule has 10 heteroatoms. The fourth-order valence-corrected chi connectivity index (χ4v) is 5.70. The molecule has 1 fully saturated rings. The first kappa shape index (κ1) is 23.4. The average molecular weight is 480 g/mol. The number of halogens is 3. The van der Waals surface area contributed by atoms with Crippen LogP contribution in [0, 0.1) is 0 Å². The van der Waals surface area contributed by atoms with Crippen molar-refractivity contribution in [3.8, 4) is 11.4 Å². The zero-order chi connectivity index (χ0) is 23.8. The standard InChI is InChI=1S/C23H24F3N3O3S/c1-15(2)16-9-11-17(12-10-16)21-27-22(32-28-21)18-6-5-13-29(14-18)33(30,31)20-8-4-3-7-19(20)23(24,25)26/h3-4,7-12,15,18H,5-6,13-14H2,1-2H3/t18-/m1/s1. The molecule has 3 aromatic rings. The van der Waals surface area contributed by atoms with Gasteiger partial charge in [-0.2, -0.15) is 22.5 Å². The van der Waals surface area contributed by atoms with Crippen molar-refractivity contribution in [3.05, 3.63) is 65.5 Å².